The van der Waals surface area contributed by atoms with Crippen molar-refractivity contribution in [2.45, 2.75) is 24.5 Å². The Bertz CT molecular complexity index is 561. The predicted molar refractivity (Wildman–Crippen MR) is 56.1 cm³/mol. The normalized spacial score (nSPS) is 32.2. The largest absolute Gasteiger partial charge is 0.394 e. The molecule has 96 valence electrons. The SMILES string of the molecule is OC[C@H]1O[C@@H](n2cnc3cnnnc32)[C@H](O)[C@@H]1O. The standard InChI is InChI=1S/C9H11N5O4/c15-2-5-6(16)7(17)9(18-5)14-3-10-4-1-11-13-12-8(4)14/h1,3,5-7,9,15-17H,2H2/t5-,6-,7-,9-/m1/s1. The van der Waals surface area contributed by atoms with E-state index in [4.69, 9.17) is 9.84 Å². The number of nitrogens with zero attached hydrogens (tertiary/aromatic N) is 5. The molecule has 18 heavy (non-hydrogen) atoms. The van der Waals surface area contributed by atoms with Crippen molar-refractivity contribution in [2.24, 2.45) is 0 Å². The van der Waals surface area contributed by atoms with E-state index in [-0.39, 0.29) is 6.61 Å². The summed E-state index contributed by atoms with van der Waals surface area (Å²) >= 11 is 0. The van der Waals surface area contributed by atoms with Gasteiger partial charge in [-0.05, 0) is 5.21 Å². The van der Waals surface area contributed by atoms with Crippen LogP contribution in [-0.2, 0) is 4.74 Å². The molecule has 4 atom stereocenters. The van der Waals surface area contributed by atoms with Gasteiger partial charge in [0.05, 0.1) is 19.1 Å². The fourth-order valence-corrected chi connectivity index (χ4v) is 2.01. The van der Waals surface area contributed by atoms with Gasteiger partial charge >= 0.3 is 0 Å². The smallest absolute Gasteiger partial charge is 0.188 e. The number of ether oxygens (including phenoxy) is 1. The molecule has 1 aliphatic heterocycles. The lowest BCUT2D eigenvalue weighted by molar-refractivity contribution is -0.0511. The molecule has 1 aliphatic rings. The van der Waals surface area contributed by atoms with Crippen LogP contribution in [-0.4, -0.2) is 65.2 Å². The maximum atomic E-state index is 9.89. The topological polar surface area (TPSA) is 126 Å². The van der Waals surface area contributed by atoms with Crippen LogP contribution in [0.2, 0.25) is 0 Å². The Morgan fingerprint density at radius 2 is 2.17 bits per heavy atom. The minimum absolute atomic E-state index is 0.380. The number of hydrogen-bond acceptors (Lipinski definition) is 8. The molecule has 3 N–H and O–H groups in total. The number of imidazole rings is 1. The molecule has 9 heteroatoms. The molecule has 0 bridgehead atoms. The van der Waals surface area contributed by atoms with Gasteiger partial charge in [0.15, 0.2) is 11.9 Å². The zero-order chi connectivity index (χ0) is 12.7. The van der Waals surface area contributed by atoms with Crippen LogP contribution in [0.5, 0.6) is 0 Å². The molecular weight excluding hydrogens is 242 g/mol. The van der Waals surface area contributed by atoms with Crippen LogP contribution in [0.15, 0.2) is 12.5 Å². The molecule has 3 rings (SSSR count). The fraction of sp³-hybridized carbons (Fsp3) is 0.556. The van der Waals surface area contributed by atoms with Crippen LogP contribution in [0.25, 0.3) is 11.2 Å². The van der Waals surface area contributed by atoms with Gasteiger partial charge in [-0.1, -0.05) is 0 Å². The molecule has 3 heterocycles. The lowest BCUT2D eigenvalue weighted by Crippen LogP contribution is -2.33. The molecule has 9 nitrogen and oxygen atoms in total. The van der Waals surface area contributed by atoms with E-state index in [0.29, 0.717) is 11.2 Å². The maximum absolute atomic E-state index is 9.89. The van der Waals surface area contributed by atoms with E-state index in [1.165, 1.54) is 17.1 Å². The molecule has 1 saturated heterocycles. The van der Waals surface area contributed by atoms with Crippen LogP contribution in [0, 0.1) is 0 Å². The van der Waals surface area contributed by atoms with Gasteiger partial charge in [0.2, 0.25) is 0 Å². The average Bonchev–Trinajstić information content (AvgIpc) is 2.93. The van der Waals surface area contributed by atoms with Crippen molar-refractivity contribution < 1.29 is 20.1 Å². The van der Waals surface area contributed by atoms with Crippen LogP contribution >= 0.6 is 0 Å². The van der Waals surface area contributed by atoms with Crippen LogP contribution < -0.4 is 0 Å². The van der Waals surface area contributed by atoms with Gasteiger partial charge in [0.25, 0.3) is 0 Å². The van der Waals surface area contributed by atoms with Gasteiger partial charge < -0.3 is 20.1 Å². The Labute approximate surface area is 101 Å². The summed E-state index contributed by atoms with van der Waals surface area (Å²) < 4.78 is 6.82. The van der Waals surface area contributed by atoms with Crippen molar-refractivity contribution in [1.82, 2.24) is 25.0 Å². The first-order valence-corrected chi connectivity index (χ1v) is 5.35. The highest BCUT2D eigenvalue weighted by Gasteiger charge is 2.43. The summed E-state index contributed by atoms with van der Waals surface area (Å²) in [5, 5.41) is 39.5. The van der Waals surface area contributed by atoms with Crippen LogP contribution in [0.3, 0.4) is 0 Å². The van der Waals surface area contributed by atoms with Crippen molar-refractivity contribution in [2.75, 3.05) is 6.61 Å². The Morgan fingerprint density at radius 1 is 1.33 bits per heavy atom. The molecule has 0 amide bonds. The maximum Gasteiger partial charge on any atom is 0.188 e. The summed E-state index contributed by atoms with van der Waals surface area (Å²) in [4.78, 5) is 4.04. The number of aliphatic hydroxyl groups excluding tert-OH is 3. The molecule has 0 aromatic carbocycles. The average molecular weight is 253 g/mol. The van der Waals surface area contributed by atoms with E-state index in [9.17, 15) is 10.2 Å². The quantitative estimate of drug-likeness (QED) is 0.552. The zero-order valence-electron chi connectivity index (χ0n) is 9.16. The van der Waals surface area contributed by atoms with E-state index in [2.05, 4.69) is 20.4 Å². The molecule has 0 saturated carbocycles. The van der Waals surface area contributed by atoms with E-state index in [1.807, 2.05) is 0 Å². The molecule has 0 unspecified atom stereocenters. The van der Waals surface area contributed by atoms with Gasteiger partial charge in [-0.15, -0.1) is 10.2 Å². The first-order valence-electron chi connectivity index (χ1n) is 5.35. The third-order valence-electron chi connectivity index (χ3n) is 2.96. The summed E-state index contributed by atoms with van der Waals surface area (Å²) in [5.74, 6) is 0. The van der Waals surface area contributed by atoms with Gasteiger partial charge in [0, 0.05) is 0 Å². The number of aromatic nitrogens is 5. The number of fused-ring (bicyclic) bond motifs is 1. The summed E-state index contributed by atoms with van der Waals surface area (Å²) in [5.41, 5.74) is 0.891. The van der Waals surface area contributed by atoms with Gasteiger partial charge in [-0.3, -0.25) is 4.57 Å². The minimum Gasteiger partial charge on any atom is -0.394 e. The first kappa shape index (κ1) is 11.4. The van der Waals surface area contributed by atoms with E-state index < -0.39 is 24.5 Å². The number of rotatable bonds is 2. The Kier molecular flexibility index (Phi) is 2.67. The lowest BCUT2D eigenvalue weighted by atomic mass is 10.1. The Balaban J connectivity index is 2.00. The molecule has 0 aliphatic carbocycles. The highest BCUT2D eigenvalue weighted by molar-refractivity contribution is 5.68. The minimum atomic E-state index is -1.17. The van der Waals surface area contributed by atoms with Crippen molar-refractivity contribution >= 4 is 11.2 Å². The van der Waals surface area contributed by atoms with Crippen molar-refractivity contribution in [3.05, 3.63) is 12.5 Å². The van der Waals surface area contributed by atoms with Crippen LogP contribution in [0.1, 0.15) is 6.23 Å². The fourth-order valence-electron chi connectivity index (χ4n) is 2.01. The monoisotopic (exact) mass is 253 g/mol. The van der Waals surface area contributed by atoms with Crippen molar-refractivity contribution in [1.29, 1.82) is 0 Å². The van der Waals surface area contributed by atoms with Crippen molar-refractivity contribution in [3.63, 3.8) is 0 Å². The highest BCUT2D eigenvalue weighted by atomic mass is 16.6. The highest BCUT2D eigenvalue weighted by Crippen LogP contribution is 2.30. The van der Waals surface area contributed by atoms with E-state index in [1.54, 1.807) is 0 Å². The predicted octanol–water partition coefficient (Wildman–Crippen LogP) is -2.17. The third-order valence-corrected chi connectivity index (χ3v) is 2.96. The molecule has 0 spiro atoms. The van der Waals surface area contributed by atoms with Crippen LogP contribution in [0.4, 0.5) is 0 Å². The Morgan fingerprint density at radius 3 is 2.89 bits per heavy atom. The lowest BCUT2D eigenvalue weighted by Gasteiger charge is -2.15. The second kappa shape index (κ2) is 4.21. The van der Waals surface area contributed by atoms with E-state index in [0.717, 1.165) is 0 Å². The Hall–Kier alpha value is -1.68. The molecule has 1 fully saturated rings. The second-order valence-electron chi connectivity index (χ2n) is 4.02. The first-order chi connectivity index (χ1) is 8.72. The van der Waals surface area contributed by atoms with E-state index >= 15 is 0 Å². The summed E-state index contributed by atoms with van der Waals surface area (Å²) in [6.07, 6.45) is -1.18. The molecule has 2 aromatic rings. The molecule has 2 aromatic heterocycles. The number of aliphatic hydroxyl groups is 3. The number of hydrogen-bond donors (Lipinski definition) is 3. The summed E-state index contributed by atoms with van der Waals surface area (Å²) in [6, 6.07) is 0. The van der Waals surface area contributed by atoms with Crippen molar-refractivity contribution in [3.8, 4) is 0 Å². The summed E-state index contributed by atoms with van der Waals surface area (Å²) in [7, 11) is 0. The zero-order valence-corrected chi connectivity index (χ0v) is 9.16. The van der Waals surface area contributed by atoms with Gasteiger partial charge in [-0.25, -0.2) is 4.98 Å². The molecular formula is C9H11N5O4. The molecule has 0 radical (unpaired) electrons. The second-order valence-corrected chi connectivity index (χ2v) is 4.02. The summed E-state index contributed by atoms with van der Waals surface area (Å²) in [6.45, 7) is -0.380. The van der Waals surface area contributed by atoms with Gasteiger partial charge in [-0.2, -0.15) is 0 Å². The third kappa shape index (κ3) is 1.56. The van der Waals surface area contributed by atoms with Gasteiger partial charge in [0.1, 0.15) is 23.8 Å².